The Kier molecular flexibility index (Phi) is 4.89. The van der Waals surface area contributed by atoms with E-state index in [9.17, 15) is 4.79 Å². The fraction of sp³-hybridized carbons (Fsp3) is 0.471. The molecule has 1 fully saturated rings. The number of nitrogens with two attached hydrogens (primary N) is 1. The van der Waals surface area contributed by atoms with E-state index in [-0.39, 0.29) is 12.5 Å². The molecule has 134 valence electrons. The molecule has 1 saturated carbocycles. The van der Waals surface area contributed by atoms with Gasteiger partial charge >= 0.3 is 0 Å². The molecule has 1 aliphatic rings. The summed E-state index contributed by atoms with van der Waals surface area (Å²) in [4.78, 5) is 15.8. The summed E-state index contributed by atoms with van der Waals surface area (Å²) in [6.07, 6.45) is 3.88. The zero-order chi connectivity index (χ0) is 17.9. The average molecular weight is 346 g/mol. The Balaban J connectivity index is 1.81. The predicted octanol–water partition coefficient (Wildman–Crippen LogP) is 1.60. The second-order valence-corrected chi connectivity index (χ2v) is 6.11. The molecule has 0 aliphatic heterocycles. The second-order valence-electron chi connectivity index (χ2n) is 6.11. The molecule has 0 spiro atoms. The molecule has 2 aromatic rings. The molecule has 0 atom stereocenters. The number of hydrogen-bond donors (Lipinski definition) is 2. The molecule has 1 heterocycles. The minimum absolute atomic E-state index is 0.0907. The van der Waals surface area contributed by atoms with E-state index in [0.717, 1.165) is 25.7 Å². The quantitative estimate of drug-likeness (QED) is 0.817. The van der Waals surface area contributed by atoms with Gasteiger partial charge in [0.2, 0.25) is 0 Å². The van der Waals surface area contributed by atoms with Crippen LogP contribution < -0.4 is 20.5 Å². The second kappa shape index (κ2) is 7.10. The SMILES string of the molecule is CNC(=O)COc1ccc(-c2nc(C3(N)CCCC3)no2)cc1OC. The van der Waals surface area contributed by atoms with Gasteiger partial charge in [0.15, 0.2) is 23.9 Å². The van der Waals surface area contributed by atoms with Gasteiger partial charge in [0, 0.05) is 12.6 Å². The van der Waals surface area contributed by atoms with Gasteiger partial charge in [-0.25, -0.2) is 0 Å². The molecule has 8 nitrogen and oxygen atoms in total. The van der Waals surface area contributed by atoms with Gasteiger partial charge < -0.3 is 25.0 Å². The van der Waals surface area contributed by atoms with E-state index in [1.54, 1.807) is 25.2 Å². The number of rotatable bonds is 6. The number of amides is 1. The molecule has 1 amide bonds. The van der Waals surface area contributed by atoms with Crippen molar-refractivity contribution in [1.29, 1.82) is 0 Å². The van der Waals surface area contributed by atoms with Crippen LogP contribution in [-0.4, -0.2) is 36.8 Å². The molecule has 0 bridgehead atoms. The summed E-state index contributed by atoms with van der Waals surface area (Å²) in [6.45, 7) is -0.0907. The van der Waals surface area contributed by atoms with Gasteiger partial charge in [-0.1, -0.05) is 18.0 Å². The molecule has 1 aliphatic carbocycles. The zero-order valence-corrected chi connectivity index (χ0v) is 14.4. The van der Waals surface area contributed by atoms with Gasteiger partial charge in [-0.05, 0) is 31.0 Å². The monoisotopic (exact) mass is 346 g/mol. The van der Waals surface area contributed by atoms with E-state index < -0.39 is 5.54 Å². The van der Waals surface area contributed by atoms with Gasteiger partial charge in [0.05, 0.1) is 12.6 Å². The van der Waals surface area contributed by atoms with Crippen molar-refractivity contribution in [3.8, 4) is 23.0 Å². The van der Waals surface area contributed by atoms with Crippen LogP contribution in [-0.2, 0) is 10.3 Å². The van der Waals surface area contributed by atoms with Crippen LogP contribution in [0.4, 0.5) is 0 Å². The molecule has 0 saturated heterocycles. The fourth-order valence-corrected chi connectivity index (χ4v) is 2.91. The normalized spacial score (nSPS) is 15.8. The van der Waals surface area contributed by atoms with E-state index in [2.05, 4.69) is 15.5 Å². The molecule has 3 rings (SSSR count). The van der Waals surface area contributed by atoms with Crippen LogP contribution in [0.15, 0.2) is 22.7 Å². The number of carbonyl (C=O) groups excluding carboxylic acids is 1. The Hall–Kier alpha value is -2.61. The first kappa shape index (κ1) is 17.2. The van der Waals surface area contributed by atoms with Gasteiger partial charge in [-0.2, -0.15) is 4.98 Å². The van der Waals surface area contributed by atoms with Crippen molar-refractivity contribution >= 4 is 5.91 Å². The van der Waals surface area contributed by atoms with Crippen LogP contribution in [0.25, 0.3) is 11.5 Å². The van der Waals surface area contributed by atoms with Gasteiger partial charge in [-0.3, -0.25) is 4.79 Å². The largest absolute Gasteiger partial charge is 0.493 e. The number of likely N-dealkylation sites (N-methyl/N-ethyl adjacent to an activating group) is 1. The van der Waals surface area contributed by atoms with Crippen LogP contribution in [0.1, 0.15) is 31.5 Å². The number of methoxy groups -OCH3 is 1. The maximum Gasteiger partial charge on any atom is 0.258 e. The van der Waals surface area contributed by atoms with Crippen LogP contribution in [0.2, 0.25) is 0 Å². The molecular weight excluding hydrogens is 324 g/mol. The van der Waals surface area contributed by atoms with E-state index in [0.29, 0.717) is 28.8 Å². The van der Waals surface area contributed by atoms with Crippen LogP contribution in [0.3, 0.4) is 0 Å². The fourth-order valence-electron chi connectivity index (χ4n) is 2.91. The lowest BCUT2D eigenvalue weighted by atomic mass is 9.99. The third kappa shape index (κ3) is 3.58. The van der Waals surface area contributed by atoms with E-state index in [1.165, 1.54) is 7.11 Å². The summed E-state index contributed by atoms with van der Waals surface area (Å²) in [6, 6.07) is 5.21. The Labute approximate surface area is 145 Å². The Morgan fingerprint density at radius 2 is 2.12 bits per heavy atom. The first-order chi connectivity index (χ1) is 12.1. The lowest BCUT2D eigenvalue weighted by Gasteiger charge is -2.17. The summed E-state index contributed by atoms with van der Waals surface area (Å²) in [5.74, 6) is 1.63. The maximum atomic E-state index is 11.3. The van der Waals surface area contributed by atoms with Gasteiger partial charge in [-0.15, -0.1) is 0 Å². The van der Waals surface area contributed by atoms with Crippen molar-refractivity contribution in [3.05, 3.63) is 24.0 Å². The van der Waals surface area contributed by atoms with E-state index >= 15 is 0 Å². The Bertz CT molecular complexity index is 753. The van der Waals surface area contributed by atoms with Crippen molar-refractivity contribution < 1.29 is 18.8 Å². The standard InChI is InChI=1S/C17H22N4O4/c1-19-14(22)10-24-12-6-5-11(9-13(12)23-2)15-20-16(21-25-15)17(18)7-3-4-8-17/h5-6,9H,3-4,7-8,10,18H2,1-2H3,(H,19,22). The van der Waals surface area contributed by atoms with Crippen molar-refractivity contribution in [2.45, 2.75) is 31.2 Å². The molecule has 3 N–H and O–H groups in total. The number of carbonyl (C=O) groups is 1. The summed E-state index contributed by atoms with van der Waals surface area (Å²) in [5.41, 5.74) is 6.57. The lowest BCUT2D eigenvalue weighted by Crippen LogP contribution is -2.34. The molecular formula is C17H22N4O4. The highest BCUT2D eigenvalue weighted by Crippen LogP contribution is 2.36. The Morgan fingerprint density at radius 1 is 1.36 bits per heavy atom. The van der Waals surface area contributed by atoms with Crippen molar-refractivity contribution in [3.63, 3.8) is 0 Å². The smallest absolute Gasteiger partial charge is 0.258 e. The maximum absolute atomic E-state index is 11.3. The molecule has 0 unspecified atom stereocenters. The lowest BCUT2D eigenvalue weighted by molar-refractivity contribution is -0.122. The Morgan fingerprint density at radius 3 is 2.80 bits per heavy atom. The first-order valence-electron chi connectivity index (χ1n) is 8.20. The number of benzene rings is 1. The molecule has 1 aromatic carbocycles. The number of nitrogens with zero attached hydrogens (tertiary/aromatic N) is 2. The summed E-state index contributed by atoms with van der Waals surface area (Å²) >= 11 is 0. The molecule has 0 radical (unpaired) electrons. The van der Waals surface area contributed by atoms with Crippen LogP contribution in [0.5, 0.6) is 11.5 Å². The first-order valence-corrected chi connectivity index (χ1v) is 8.20. The highest BCUT2D eigenvalue weighted by atomic mass is 16.5. The van der Waals surface area contributed by atoms with Crippen molar-refractivity contribution in [2.24, 2.45) is 5.73 Å². The minimum Gasteiger partial charge on any atom is -0.493 e. The van der Waals surface area contributed by atoms with Crippen LogP contribution in [0, 0.1) is 0 Å². The summed E-state index contributed by atoms with van der Waals surface area (Å²) in [7, 11) is 3.08. The van der Waals surface area contributed by atoms with Crippen LogP contribution >= 0.6 is 0 Å². The van der Waals surface area contributed by atoms with Gasteiger partial charge in [0.25, 0.3) is 11.8 Å². The number of nitrogens with one attached hydrogen (secondary N) is 1. The van der Waals surface area contributed by atoms with E-state index in [4.69, 9.17) is 19.7 Å². The highest BCUT2D eigenvalue weighted by Gasteiger charge is 2.36. The zero-order valence-electron chi connectivity index (χ0n) is 14.4. The molecule has 25 heavy (non-hydrogen) atoms. The summed E-state index contributed by atoms with van der Waals surface area (Å²) in [5, 5.41) is 6.55. The number of hydrogen-bond acceptors (Lipinski definition) is 7. The topological polar surface area (TPSA) is 112 Å². The number of ether oxygens (including phenoxy) is 2. The highest BCUT2D eigenvalue weighted by molar-refractivity contribution is 5.77. The van der Waals surface area contributed by atoms with E-state index in [1.807, 2.05) is 0 Å². The van der Waals surface area contributed by atoms with Crippen molar-refractivity contribution in [1.82, 2.24) is 15.5 Å². The third-order valence-corrected chi connectivity index (χ3v) is 4.42. The third-order valence-electron chi connectivity index (χ3n) is 4.42. The predicted molar refractivity (Wildman–Crippen MR) is 90.2 cm³/mol. The minimum atomic E-state index is -0.498. The molecule has 1 aromatic heterocycles. The van der Waals surface area contributed by atoms with Crippen molar-refractivity contribution in [2.75, 3.05) is 20.8 Å². The number of aromatic nitrogens is 2. The average Bonchev–Trinajstić information content (AvgIpc) is 3.29. The summed E-state index contributed by atoms with van der Waals surface area (Å²) < 4.78 is 16.2. The molecule has 8 heteroatoms. The van der Waals surface area contributed by atoms with Gasteiger partial charge in [0.1, 0.15) is 0 Å².